The molecule has 17 heavy (non-hydrogen) atoms. The zero-order valence-electron chi connectivity index (χ0n) is 10.7. The summed E-state index contributed by atoms with van der Waals surface area (Å²) in [4.78, 5) is 0. The number of benzene rings is 1. The van der Waals surface area contributed by atoms with Crippen LogP contribution in [0.5, 0.6) is 5.75 Å². The summed E-state index contributed by atoms with van der Waals surface area (Å²) >= 11 is 0. The number of hydrogen-bond acceptors (Lipinski definition) is 4. The smallest absolute Gasteiger partial charge is 0.148 e. The molecule has 4 heteroatoms. The van der Waals surface area contributed by atoms with Crippen LogP contribution >= 0.6 is 0 Å². The maximum Gasteiger partial charge on any atom is 0.148 e. The van der Waals surface area contributed by atoms with Gasteiger partial charge in [-0.2, -0.15) is 5.26 Å². The van der Waals surface area contributed by atoms with Crippen LogP contribution in [0.3, 0.4) is 0 Å². The summed E-state index contributed by atoms with van der Waals surface area (Å²) in [6.45, 7) is 3.65. The van der Waals surface area contributed by atoms with Crippen LogP contribution in [0.25, 0.3) is 0 Å². The molecular formula is C13H18N2O2. The molecule has 1 N–H and O–H groups in total. The molecule has 92 valence electrons. The zero-order valence-corrected chi connectivity index (χ0v) is 10.7. The third-order valence-corrected chi connectivity index (χ3v) is 2.90. The van der Waals surface area contributed by atoms with E-state index < -0.39 is 5.54 Å². The first-order valence-corrected chi connectivity index (χ1v) is 5.42. The van der Waals surface area contributed by atoms with E-state index in [9.17, 15) is 5.26 Å². The molecule has 0 saturated carbocycles. The summed E-state index contributed by atoms with van der Waals surface area (Å²) in [6, 6.07) is 9.73. The molecule has 0 saturated heterocycles. The fraction of sp³-hybridized carbons (Fsp3) is 0.462. The Labute approximate surface area is 102 Å². The van der Waals surface area contributed by atoms with Gasteiger partial charge in [0.05, 0.1) is 25.0 Å². The monoisotopic (exact) mass is 234 g/mol. The molecular weight excluding hydrogens is 216 g/mol. The average Bonchev–Trinajstić information content (AvgIpc) is 2.38. The molecule has 0 bridgehead atoms. The van der Waals surface area contributed by atoms with Crippen molar-refractivity contribution in [2.24, 2.45) is 0 Å². The highest BCUT2D eigenvalue weighted by Crippen LogP contribution is 2.28. The maximum absolute atomic E-state index is 9.28. The molecule has 0 aliphatic heterocycles. The van der Waals surface area contributed by atoms with Crippen molar-refractivity contribution in [2.45, 2.75) is 25.5 Å². The van der Waals surface area contributed by atoms with E-state index in [4.69, 9.17) is 9.47 Å². The second kappa shape index (κ2) is 5.55. The summed E-state index contributed by atoms with van der Waals surface area (Å²) in [5, 5.41) is 12.4. The molecule has 0 fully saturated rings. The van der Waals surface area contributed by atoms with Crippen molar-refractivity contribution in [1.82, 2.24) is 0 Å². The first-order valence-electron chi connectivity index (χ1n) is 5.42. The normalized spacial score (nSPS) is 15.5. The third-order valence-electron chi connectivity index (χ3n) is 2.90. The van der Waals surface area contributed by atoms with Crippen LogP contribution in [0.2, 0.25) is 0 Å². The zero-order chi connectivity index (χ0) is 12.9. The van der Waals surface area contributed by atoms with Gasteiger partial charge in [-0.15, -0.1) is 0 Å². The van der Waals surface area contributed by atoms with E-state index in [2.05, 4.69) is 11.4 Å². The third kappa shape index (κ3) is 2.89. The lowest BCUT2D eigenvalue weighted by Gasteiger charge is -2.30. The second-order valence-electron chi connectivity index (χ2n) is 4.02. The summed E-state index contributed by atoms with van der Waals surface area (Å²) in [7, 11) is 3.19. The van der Waals surface area contributed by atoms with Crippen LogP contribution in [0.4, 0.5) is 5.69 Å². The van der Waals surface area contributed by atoms with Crippen LogP contribution in [-0.2, 0) is 4.74 Å². The molecule has 0 spiro atoms. The van der Waals surface area contributed by atoms with Crippen molar-refractivity contribution in [2.75, 3.05) is 19.5 Å². The number of methoxy groups -OCH3 is 2. The fourth-order valence-electron chi connectivity index (χ4n) is 1.48. The van der Waals surface area contributed by atoms with Gasteiger partial charge >= 0.3 is 0 Å². The van der Waals surface area contributed by atoms with Gasteiger partial charge in [0, 0.05) is 7.11 Å². The van der Waals surface area contributed by atoms with Crippen molar-refractivity contribution in [3.05, 3.63) is 24.3 Å². The Balaban J connectivity index is 2.99. The highest BCUT2D eigenvalue weighted by atomic mass is 16.5. The van der Waals surface area contributed by atoms with Gasteiger partial charge in [0.1, 0.15) is 11.3 Å². The van der Waals surface area contributed by atoms with Crippen molar-refractivity contribution in [3.63, 3.8) is 0 Å². The Kier molecular flexibility index (Phi) is 4.36. The molecule has 0 radical (unpaired) electrons. The number of ether oxygens (including phenoxy) is 2. The van der Waals surface area contributed by atoms with Crippen LogP contribution < -0.4 is 10.1 Å². The standard InChI is InChI=1S/C13H18N2O2/c1-10(16-3)13(2,9-14)15-11-7-5-6-8-12(11)17-4/h5-8,10,15H,1-4H3. The Hall–Kier alpha value is -1.73. The lowest BCUT2D eigenvalue weighted by atomic mass is 9.97. The predicted octanol–water partition coefficient (Wildman–Crippen LogP) is 2.42. The lowest BCUT2D eigenvalue weighted by Crippen LogP contribution is -2.44. The Morgan fingerprint density at radius 1 is 1.35 bits per heavy atom. The summed E-state index contributed by atoms with van der Waals surface area (Å²) in [5.74, 6) is 0.706. The van der Waals surface area contributed by atoms with Gasteiger partial charge in [-0.1, -0.05) is 12.1 Å². The molecule has 2 unspecified atom stereocenters. The predicted molar refractivity (Wildman–Crippen MR) is 67.1 cm³/mol. The topological polar surface area (TPSA) is 54.3 Å². The van der Waals surface area contributed by atoms with Gasteiger partial charge in [-0.25, -0.2) is 0 Å². The van der Waals surface area contributed by atoms with Gasteiger partial charge < -0.3 is 14.8 Å². The minimum absolute atomic E-state index is 0.239. The molecule has 1 rings (SSSR count). The van der Waals surface area contributed by atoms with Gasteiger partial charge in [-0.3, -0.25) is 0 Å². The molecule has 0 amide bonds. The SMILES string of the molecule is COc1ccccc1NC(C)(C#N)C(C)OC. The number of hydrogen-bond donors (Lipinski definition) is 1. The van der Waals surface area contributed by atoms with Crippen molar-refractivity contribution in [1.29, 1.82) is 5.26 Å². The van der Waals surface area contributed by atoms with Gasteiger partial charge in [0.15, 0.2) is 0 Å². The van der Waals surface area contributed by atoms with Crippen molar-refractivity contribution in [3.8, 4) is 11.8 Å². The maximum atomic E-state index is 9.28. The number of nitrogens with one attached hydrogen (secondary N) is 1. The minimum Gasteiger partial charge on any atom is -0.495 e. The largest absolute Gasteiger partial charge is 0.495 e. The quantitative estimate of drug-likeness (QED) is 0.850. The number of para-hydroxylation sites is 2. The molecule has 4 nitrogen and oxygen atoms in total. The molecule has 1 aromatic carbocycles. The Morgan fingerprint density at radius 2 is 2.00 bits per heavy atom. The molecule has 1 aromatic rings. The molecule has 0 aromatic heterocycles. The first-order chi connectivity index (χ1) is 8.07. The number of nitriles is 1. The average molecular weight is 234 g/mol. The van der Waals surface area contributed by atoms with E-state index in [1.54, 1.807) is 21.1 Å². The lowest BCUT2D eigenvalue weighted by molar-refractivity contribution is 0.0853. The Morgan fingerprint density at radius 3 is 2.53 bits per heavy atom. The number of anilines is 1. The number of nitrogens with zero attached hydrogens (tertiary/aromatic N) is 1. The van der Waals surface area contributed by atoms with Gasteiger partial charge in [0.2, 0.25) is 0 Å². The van der Waals surface area contributed by atoms with E-state index in [1.807, 2.05) is 31.2 Å². The molecule has 0 aliphatic rings. The van der Waals surface area contributed by atoms with Gasteiger partial charge in [-0.05, 0) is 26.0 Å². The van der Waals surface area contributed by atoms with E-state index in [0.29, 0.717) is 5.75 Å². The van der Waals surface area contributed by atoms with E-state index >= 15 is 0 Å². The molecule has 0 aliphatic carbocycles. The first kappa shape index (κ1) is 13.3. The molecule has 0 heterocycles. The fourth-order valence-corrected chi connectivity index (χ4v) is 1.48. The van der Waals surface area contributed by atoms with Crippen LogP contribution in [0.1, 0.15) is 13.8 Å². The van der Waals surface area contributed by atoms with E-state index in [0.717, 1.165) is 5.69 Å². The highest BCUT2D eigenvalue weighted by molar-refractivity contribution is 5.58. The summed E-state index contributed by atoms with van der Waals surface area (Å²) in [6.07, 6.45) is -0.239. The summed E-state index contributed by atoms with van der Waals surface area (Å²) < 4.78 is 10.5. The van der Waals surface area contributed by atoms with Crippen LogP contribution in [0, 0.1) is 11.3 Å². The van der Waals surface area contributed by atoms with Crippen LogP contribution in [0.15, 0.2) is 24.3 Å². The van der Waals surface area contributed by atoms with Crippen LogP contribution in [-0.4, -0.2) is 25.9 Å². The minimum atomic E-state index is -0.802. The molecule has 2 atom stereocenters. The van der Waals surface area contributed by atoms with E-state index in [1.165, 1.54) is 0 Å². The Bertz CT molecular complexity index is 414. The van der Waals surface area contributed by atoms with E-state index in [-0.39, 0.29) is 6.10 Å². The summed E-state index contributed by atoms with van der Waals surface area (Å²) in [5.41, 5.74) is -0.0217. The number of rotatable bonds is 5. The van der Waals surface area contributed by atoms with Crippen molar-refractivity contribution < 1.29 is 9.47 Å². The second-order valence-corrected chi connectivity index (χ2v) is 4.02. The van der Waals surface area contributed by atoms with Crippen molar-refractivity contribution >= 4 is 5.69 Å². The van der Waals surface area contributed by atoms with Gasteiger partial charge in [0.25, 0.3) is 0 Å². The highest BCUT2D eigenvalue weighted by Gasteiger charge is 2.32.